The third-order valence-electron chi connectivity index (χ3n) is 2.97. The van der Waals surface area contributed by atoms with Crippen LogP contribution >= 0.6 is 11.6 Å². The van der Waals surface area contributed by atoms with Crippen LogP contribution in [0.5, 0.6) is 0 Å². The van der Waals surface area contributed by atoms with Gasteiger partial charge >= 0.3 is 0 Å². The number of carbonyl (C=O) groups is 1. The van der Waals surface area contributed by atoms with Crippen molar-refractivity contribution in [2.24, 2.45) is 5.92 Å². The van der Waals surface area contributed by atoms with Gasteiger partial charge in [0.1, 0.15) is 0 Å². The molecular formula is C15H22ClNO2. The maximum atomic E-state index is 12.2. The molecule has 0 spiro atoms. The minimum absolute atomic E-state index is 0.0205. The molecule has 0 bridgehead atoms. The summed E-state index contributed by atoms with van der Waals surface area (Å²) in [7, 11) is 0. The molecule has 1 N–H and O–H groups in total. The van der Waals surface area contributed by atoms with E-state index in [-0.39, 0.29) is 11.9 Å². The average Bonchev–Trinajstić information content (AvgIpc) is 2.42. The first-order chi connectivity index (χ1) is 9.08. The molecule has 0 aromatic heterocycles. The lowest BCUT2D eigenvalue weighted by Gasteiger charge is -2.22. The monoisotopic (exact) mass is 283 g/mol. The summed E-state index contributed by atoms with van der Waals surface area (Å²) in [6, 6.07) is 7.39. The summed E-state index contributed by atoms with van der Waals surface area (Å²) in [5.41, 5.74) is 1.58. The highest BCUT2D eigenvalue weighted by Crippen LogP contribution is 2.09. The molecule has 106 valence electrons. The molecule has 1 atom stereocenters. The zero-order chi connectivity index (χ0) is 14.3. The summed E-state index contributed by atoms with van der Waals surface area (Å²) >= 11 is 5.78. The quantitative estimate of drug-likeness (QED) is 0.780. The van der Waals surface area contributed by atoms with E-state index in [0.29, 0.717) is 30.6 Å². The second kappa shape index (κ2) is 8.18. The van der Waals surface area contributed by atoms with E-state index in [4.69, 9.17) is 16.3 Å². The Morgan fingerprint density at radius 1 is 1.42 bits per heavy atom. The predicted octanol–water partition coefficient (Wildman–Crippen LogP) is 3.22. The van der Waals surface area contributed by atoms with E-state index in [1.54, 1.807) is 6.07 Å². The van der Waals surface area contributed by atoms with Crippen LogP contribution in [-0.4, -0.2) is 25.2 Å². The van der Waals surface area contributed by atoms with Crippen LogP contribution in [0.25, 0.3) is 0 Å². The van der Waals surface area contributed by atoms with Crippen molar-refractivity contribution >= 4 is 17.5 Å². The van der Waals surface area contributed by atoms with Crippen LogP contribution in [0.1, 0.15) is 36.7 Å². The largest absolute Gasteiger partial charge is 0.380 e. The van der Waals surface area contributed by atoms with Crippen LogP contribution in [0, 0.1) is 5.92 Å². The van der Waals surface area contributed by atoms with Gasteiger partial charge in [0, 0.05) is 18.1 Å². The summed E-state index contributed by atoms with van der Waals surface area (Å²) < 4.78 is 5.40. The molecule has 0 saturated heterocycles. The number of amides is 1. The SMILES string of the molecule is CCOCC(NC(=O)c1cccc(CCl)c1)C(C)C. The lowest BCUT2D eigenvalue weighted by atomic mass is 10.0. The van der Waals surface area contributed by atoms with E-state index >= 15 is 0 Å². The van der Waals surface area contributed by atoms with Gasteiger partial charge in [0.15, 0.2) is 0 Å². The van der Waals surface area contributed by atoms with E-state index in [1.165, 1.54) is 0 Å². The van der Waals surface area contributed by atoms with Gasteiger partial charge in [-0.2, -0.15) is 0 Å². The summed E-state index contributed by atoms with van der Waals surface area (Å²) in [6.07, 6.45) is 0. The van der Waals surface area contributed by atoms with E-state index < -0.39 is 0 Å². The first-order valence-corrected chi connectivity index (χ1v) is 7.15. The van der Waals surface area contributed by atoms with E-state index in [1.807, 2.05) is 25.1 Å². The van der Waals surface area contributed by atoms with Crippen molar-refractivity contribution in [2.45, 2.75) is 32.7 Å². The third-order valence-corrected chi connectivity index (χ3v) is 3.27. The van der Waals surface area contributed by atoms with Gasteiger partial charge in [-0.1, -0.05) is 26.0 Å². The molecule has 0 aliphatic carbocycles. The molecule has 0 saturated carbocycles. The van der Waals surface area contributed by atoms with Crippen molar-refractivity contribution in [3.8, 4) is 0 Å². The predicted molar refractivity (Wildman–Crippen MR) is 78.6 cm³/mol. The number of benzene rings is 1. The molecule has 0 aliphatic rings. The van der Waals surface area contributed by atoms with Crippen molar-refractivity contribution < 1.29 is 9.53 Å². The van der Waals surface area contributed by atoms with Crippen LogP contribution in [0.3, 0.4) is 0 Å². The van der Waals surface area contributed by atoms with Crippen molar-refractivity contribution in [1.82, 2.24) is 5.32 Å². The highest BCUT2D eigenvalue weighted by Gasteiger charge is 2.17. The number of ether oxygens (including phenoxy) is 1. The second-order valence-corrected chi connectivity index (χ2v) is 5.08. The molecule has 3 nitrogen and oxygen atoms in total. The maximum Gasteiger partial charge on any atom is 0.251 e. The zero-order valence-electron chi connectivity index (χ0n) is 11.8. The molecule has 1 amide bonds. The summed E-state index contributed by atoms with van der Waals surface area (Å²) in [4.78, 5) is 12.2. The Kier molecular flexibility index (Phi) is 6.89. The number of alkyl halides is 1. The molecule has 0 aliphatic heterocycles. The molecular weight excluding hydrogens is 262 g/mol. The molecule has 1 aromatic carbocycles. The van der Waals surface area contributed by atoms with Crippen molar-refractivity contribution in [1.29, 1.82) is 0 Å². The summed E-state index contributed by atoms with van der Waals surface area (Å²) in [5, 5.41) is 3.01. The Morgan fingerprint density at radius 2 is 2.16 bits per heavy atom. The average molecular weight is 284 g/mol. The van der Waals surface area contributed by atoms with E-state index in [9.17, 15) is 4.79 Å². The first kappa shape index (κ1) is 16.0. The molecule has 0 heterocycles. The van der Waals surface area contributed by atoms with E-state index in [2.05, 4.69) is 19.2 Å². The standard InChI is InChI=1S/C15H22ClNO2/c1-4-19-10-14(11(2)3)17-15(18)13-7-5-6-12(8-13)9-16/h5-8,11,14H,4,9-10H2,1-3H3,(H,17,18). The van der Waals surface area contributed by atoms with Gasteiger partial charge in [0.2, 0.25) is 0 Å². The second-order valence-electron chi connectivity index (χ2n) is 4.82. The Morgan fingerprint density at radius 3 is 2.74 bits per heavy atom. The fourth-order valence-corrected chi connectivity index (χ4v) is 1.86. The smallest absolute Gasteiger partial charge is 0.251 e. The van der Waals surface area contributed by atoms with Gasteiger partial charge in [-0.3, -0.25) is 4.79 Å². The number of nitrogens with one attached hydrogen (secondary N) is 1. The number of halogens is 1. The molecule has 19 heavy (non-hydrogen) atoms. The van der Waals surface area contributed by atoms with Crippen molar-refractivity contribution in [3.05, 3.63) is 35.4 Å². The van der Waals surface area contributed by atoms with Crippen LogP contribution in [0.4, 0.5) is 0 Å². The third kappa shape index (κ3) is 5.21. The molecule has 1 aromatic rings. The summed E-state index contributed by atoms with van der Waals surface area (Å²) in [5.74, 6) is 0.658. The van der Waals surface area contributed by atoms with Gasteiger partial charge in [-0.25, -0.2) is 0 Å². The fraction of sp³-hybridized carbons (Fsp3) is 0.533. The number of rotatable bonds is 7. The highest BCUT2D eigenvalue weighted by atomic mass is 35.5. The number of hydrogen-bond acceptors (Lipinski definition) is 2. The Labute approximate surface area is 120 Å². The minimum Gasteiger partial charge on any atom is -0.380 e. The van der Waals surface area contributed by atoms with Gasteiger partial charge in [-0.15, -0.1) is 11.6 Å². The Bertz CT molecular complexity index is 407. The van der Waals surface area contributed by atoms with Crippen LogP contribution in [-0.2, 0) is 10.6 Å². The molecule has 1 rings (SSSR count). The molecule has 1 unspecified atom stereocenters. The maximum absolute atomic E-state index is 12.2. The Balaban J connectivity index is 2.69. The van der Waals surface area contributed by atoms with Crippen LogP contribution < -0.4 is 5.32 Å². The van der Waals surface area contributed by atoms with Gasteiger partial charge in [0.05, 0.1) is 12.6 Å². The van der Waals surface area contributed by atoms with Crippen molar-refractivity contribution in [2.75, 3.05) is 13.2 Å². The fourth-order valence-electron chi connectivity index (χ4n) is 1.69. The Hall–Kier alpha value is -1.06. The van der Waals surface area contributed by atoms with Crippen molar-refractivity contribution in [3.63, 3.8) is 0 Å². The van der Waals surface area contributed by atoms with Gasteiger partial charge in [0.25, 0.3) is 5.91 Å². The first-order valence-electron chi connectivity index (χ1n) is 6.62. The lowest BCUT2D eigenvalue weighted by molar-refractivity contribution is 0.0806. The van der Waals surface area contributed by atoms with Gasteiger partial charge in [-0.05, 0) is 30.5 Å². The zero-order valence-corrected chi connectivity index (χ0v) is 12.5. The van der Waals surface area contributed by atoms with Crippen LogP contribution in [0.2, 0.25) is 0 Å². The summed E-state index contributed by atoms with van der Waals surface area (Å²) in [6.45, 7) is 7.28. The molecule has 0 fully saturated rings. The topological polar surface area (TPSA) is 38.3 Å². The number of carbonyl (C=O) groups excluding carboxylic acids is 1. The van der Waals surface area contributed by atoms with Gasteiger partial charge < -0.3 is 10.1 Å². The number of hydrogen-bond donors (Lipinski definition) is 1. The lowest BCUT2D eigenvalue weighted by Crippen LogP contribution is -2.41. The minimum atomic E-state index is -0.0784. The normalized spacial score (nSPS) is 12.5. The van der Waals surface area contributed by atoms with Crippen LogP contribution in [0.15, 0.2) is 24.3 Å². The van der Waals surface area contributed by atoms with E-state index in [0.717, 1.165) is 5.56 Å². The molecule has 4 heteroatoms. The highest BCUT2D eigenvalue weighted by molar-refractivity contribution is 6.17. The molecule has 0 radical (unpaired) electrons.